The average Bonchev–Trinajstić information content (AvgIpc) is 3.55. The Morgan fingerprint density at radius 3 is 2.37 bits per heavy atom. The van der Waals surface area contributed by atoms with Gasteiger partial charge in [0.1, 0.15) is 4.88 Å². The summed E-state index contributed by atoms with van der Waals surface area (Å²) in [6, 6.07) is 2.10. The van der Waals surface area contributed by atoms with E-state index < -0.39 is 5.97 Å². The van der Waals surface area contributed by atoms with Gasteiger partial charge in [-0.1, -0.05) is 18.8 Å². The van der Waals surface area contributed by atoms with Gasteiger partial charge in [-0.05, 0) is 84.1 Å². The molecule has 38 heavy (non-hydrogen) atoms. The van der Waals surface area contributed by atoms with Crippen molar-refractivity contribution in [3.05, 3.63) is 27.4 Å². The molecule has 9 heteroatoms. The van der Waals surface area contributed by atoms with Gasteiger partial charge in [0.2, 0.25) is 5.91 Å². The van der Waals surface area contributed by atoms with Gasteiger partial charge < -0.3 is 10.0 Å². The minimum atomic E-state index is -0.996. The smallest absolute Gasteiger partial charge is 0.348 e. The van der Waals surface area contributed by atoms with E-state index in [-0.39, 0.29) is 34.2 Å². The molecule has 206 valence electrons. The summed E-state index contributed by atoms with van der Waals surface area (Å²) < 4.78 is 0. The molecule has 2 saturated carbocycles. The minimum Gasteiger partial charge on any atom is -0.477 e. The predicted molar refractivity (Wildman–Crippen MR) is 156 cm³/mol. The molecule has 0 radical (unpaired) electrons. The van der Waals surface area contributed by atoms with Gasteiger partial charge in [-0.2, -0.15) is 0 Å². The zero-order valence-electron chi connectivity index (χ0n) is 23.1. The fraction of sp³-hybridized carbons (Fsp3) is 0.621. The highest BCUT2D eigenvalue weighted by atomic mass is 32.1. The number of amides is 1. The van der Waals surface area contributed by atoms with Crippen molar-refractivity contribution in [2.75, 3.05) is 17.0 Å². The van der Waals surface area contributed by atoms with Gasteiger partial charge in [-0.3, -0.25) is 9.80 Å². The lowest BCUT2D eigenvalue weighted by Gasteiger charge is -2.40. The first-order valence-corrected chi connectivity index (χ1v) is 15.3. The number of anilines is 2. The predicted octanol–water partition coefficient (Wildman–Crippen LogP) is 6.41. The maximum Gasteiger partial charge on any atom is 0.348 e. The number of aromatic carboxylic acids is 1. The third-order valence-corrected chi connectivity index (χ3v) is 9.35. The van der Waals surface area contributed by atoms with Crippen molar-refractivity contribution in [1.82, 2.24) is 10.4 Å². The van der Waals surface area contributed by atoms with Crippen LogP contribution in [-0.2, 0) is 4.79 Å². The molecule has 0 unspecified atom stereocenters. The van der Waals surface area contributed by atoms with Crippen LogP contribution in [0.1, 0.15) is 93.6 Å². The molecule has 0 spiro atoms. The summed E-state index contributed by atoms with van der Waals surface area (Å²) >= 11 is 2.77. The molecule has 2 aromatic rings. The minimum absolute atomic E-state index is 0.0267. The number of hydrazine groups is 1. The molecule has 1 amide bonds. The van der Waals surface area contributed by atoms with Crippen molar-refractivity contribution in [2.24, 2.45) is 17.3 Å². The largest absolute Gasteiger partial charge is 0.477 e. The van der Waals surface area contributed by atoms with E-state index in [4.69, 9.17) is 0 Å². The Bertz CT molecular complexity index is 1160. The molecular formula is C29H40N4O3S2. The molecule has 0 saturated heterocycles. The Morgan fingerprint density at radius 1 is 1.11 bits per heavy atom. The van der Waals surface area contributed by atoms with E-state index in [1.165, 1.54) is 11.3 Å². The van der Waals surface area contributed by atoms with Crippen LogP contribution in [-0.4, -0.2) is 41.1 Å². The number of carboxylic acid groups (broad SMARTS) is 1. The van der Waals surface area contributed by atoms with Gasteiger partial charge in [0.05, 0.1) is 10.6 Å². The van der Waals surface area contributed by atoms with Crippen LogP contribution in [0.2, 0.25) is 0 Å². The normalized spacial score (nSPS) is 23.8. The van der Waals surface area contributed by atoms with Crippen LogP contribution in [0.4, 0.5) is 10.8 Å². The molecule has 2 N–H and O–H groups in total. The number of rotatable bonds is 7. The molecule has 2 fully saturated rings. The summed E-state index contributed by atoms with van der Waals surface area (Å²) in [6.07, 6.45) is 9.05. The number of carbonyl (C=O) groups excluding carboxylic acids is 1. The van der Waals surface area contributed by atoms with E-state index in [2.05, 4.69) is 29.2 Å². The van der Waals surface area contributed by atoms with Crippen molar-refractivity contribution in [3.63, 3.8) is 0 Å². The van der Waals surface area contributed by atoms with Crippen LogP contribution in [0.15, 0.2) is 17.6 Å². The molecule has 4 rings (SSSR count). The summed E-state index contributed by atoms with van der Waals surface area (Å²) in [5.41, 5.74) is 3.88. The third kappa shape index (κ3) is 7.16. The summed E-state index contributed by atoms with van der Waals surface area (Å²) in [6.45, 7) is 8.35. The second kappa shape index (κ2) is 12.2. The molecule has 0 aliphatic heterocycles. The van der Waals surface area contributed by atoms with E-state index >= 15 is 0 Å². The maximum absolute atomic E-state index is 14.1. The maximum atomic E-state index is 14.1. The van der Waals surface area contributed by atoms with Crippen LogP contribution < -0.4 is 15.3 Å². The fourth-order valence-electron chi connectivity index (χ4n) is 5.40. The highest BCUT2D eigenvalue weighted by molar-refractivity contribution is 7.15. The quantitative estimate of drug-likeness (QED) is 0.303. The first-order valence-electron chi connectivity index (χ1n) is 13.6. The Kier molecular flexibility index (Phi) is 9.17. The van der Waals surface area contributed by atoms with Crippen LogP contribution in [0.25, 0.3) is 0 Å². The Hall–Kier alpha value is -2.41. The van der Waals surface area contributed by atoms with Crippen molar-refractivity contribution in [1.29, 1.82) is 0 Å². The summed E-state index contributed by atoms with van der Waals surface area (Å²) in [5, 5.41) is 15.0. The Labute approximate surface area is 234 Å². The summed E-state index contributed by atoms with van der Waals surface area (Å²) in [4.78, 5) is 33.6. The van der Waals surface area contributed by atoms with E-state index in [0.29, 0.717) is 16.5 Å². The highest BCUT2D eigenvalue weighted by Crippen LogP contribution is 2.39. The lowest BCUT2D eigenvalue weighted by atomic mass is 9.81. The van der Waals surface area contributed by atoms with Gasteiger partial charge in [-0.15, -0.1) is 22.7 Å². The first-order chi connectivity index (χ1) is 18.0. The molecule has 2 aliphatic rings. The monoisotopic (exact) mass is 556 g/mol. The summed E-state index contributed by atoms with van der Waals surface area (Å²) in [7, 11) is 1.98. The van der Waals surface area contributed by atoms with Crippen LogP contribution in [0.3, 0.4) is 0 Å². The van der Waals surface area contributed by atoms with E-state index in [0.717, 1.165) is 56.5 Å². The van der Waals surface area contributed by atoms with E-state index in [9.17, 15) is 14.7 Å². The zero-order valence-corrected chi connectivity index (χ0v) is 24.8. The number of nitrogens with zero attached hydrogens (tertiary/aromatic N) is 3. The SMILES string of the molecule is CC1CCC(C(=O)N(c2cc(C#CC(C)(C)C)sc2C(=O)O)[C@H]2CC[C@@H](NN(C)c3nccs3)CC2)CC1. The van der Waals surface area contributed by atoms with Crippen molar-refractivity contribution < 1.29 is 14.7 Å². The van der Waals surface area contributed by atoms with Crippen LogP contribution >= 0.6 is 22.7 Å². The number of hydrogen-bond acceptors (Lipinski definition) is 7. The molecule has 0 bridgehead atoms. The highest BCUT2D eigenvalue weighted by Gasteiger charge is 2.37. The van der Waals surface area contributed by atoms with Crippen LogP contribution in [0, 0.1) is 29.1 Å². The number of thiophene rings is 1. The number of carbonyl (C=O) groups is 2. The third-order valence-electron chi connectivity index (χ3n) is 7.47. The Morgan fingerprint density at radius 2 is 1.79 bits per heavy atom. The summed E-state index contributed by atoms with van der Waals surface area (Å²) in [5.74, 6) is 6.06. The average molecular weight is 557 g/mol. The molecule has 2 aliphatic carbocycles. The van der Waals surface area contributed by atoms with Crippen molar-refractivity contribution in [3.8, 4) is 11.8 Å². The van der Waals surface area contributed by atoms with Gasteiger partial charge in [0, 0.05) is 42.0 Å². The first kappa shape index (κ1) is 28.6. The van der Waals surface area contributed by atoms with Gasteiger partial charge in [0.15, 0.2) is 5.13 Å². The topological polar surface area (TPSA) is 85.8 Å². The van der Waals surface area contributed by atoms with Crippen molar-refractivity contribution >= 4 is 45.4 Å². The number of carboxylic acids is 1. The number of hydrogen-bond donors (Lipinski definition) is 2. The molecule has 0 atom stereocenters. The van der Waals surface area contributed by atoms with Crippen molar-refractivity contribution in [2.45, 2.75) is 91.1 Å². The van der Waals surface area contributed by atoms with Gasteiger partial charge in [-0.25, -0.2) is 15.2 Å². The molecular weight excluding hydrogens is 516 g/mol. The van der Waals surface area contributed by atoms with E-state index in [1.54, 1.807) is 17.5 Å². The standard InChI is InChI=1S/C29H40N4O3S2/c1-19-6-8-20(9-7-19)26(34)33(24-18-23(14-15-29(2,3)4)38-25(24)27(35)36)22-12-10-21(11-13-22)31-32(5)28-30-16-17-37-28/h16-22,31H,6-13H2,1-5H3,(H,35,36)/t19?,20?,21-,22+. The van der Waals surface area contributed by atoms with E-state index in [1.807, 2.05) is 49.2 Å². The number of thiazole rings is 1. The lowest BCUT2D eigenvalue weighted by Crippen LogP contribution is -2.50. The lowest BCUT2D eigenvalue weighted by molar-refractivity contribution is -0.124. The molecule has 7 nitrogen and oxygen atoms in total. The molecule has 0 aromatic carbocycles. The van der Waals surface area contributed by atoms with Crippen LogP contribution in [0.5, 0.6) is 0 Å². The molecule has 2 heterocycles. The number of aromatic nitrogens is 1. The van der Waals surface area contributed by atoms with Gasteiger partial charge >= 0.3 is 5.97 Å². The zero-order chi connectivity index (χ0) is 27.4. The fourth-order valence-corrected chi connectivity index (χ4v) is 6.81. The number of nitrogens with one attached hydrogen (secondary N) is 1. The molecule has 2 aromatic heterocycles. The Balaban J connectivity index is 1.59. The second-order valence-corrected chi connectivity index (χ2v) is 13.7. The second-order valence-electron chi connectivity index (χ2n) is 11.8. The van der Waals surface area contributed by atoms with Gasteiger partial charge in [0.25, 0.3) is 0 Å².